The molecule has 0 radical (unpaired) electrons. The molecule has 0 spiro atoms. The number of rotatable bonds is 3. The third-order valence-corrected chi connectivity index (χ3v) is 3.43. The fourth-order valence-electron chi connectivity index (χ4n) is 1.20. The van der Waals surface area contributed by atoms with Crippen LogP contribution in [0.3, 0.4) is 0 Å². The Kier molecular flexibility index (Phi) is 3.68. The molecule has 0 aliphatic rings. The summed E-state index contributed by atoms with van der Waals surface area (Å²) in [7, 11) is 0. The number of thiophene rings is 1. The quantitative estimate of drug-likeness (QED) is 0.533. The van der Waals surface area contributed by atoms with Gasteiger partial charge in [0.05, 0.1) is 9.80 Å². The number of amides is 1. The van der Waals surface area contributed by atoms with Crippen LogP contribution in [-0.4, -0.2) is 15.8 Å². The average Bonchev–Trinajstić information content (AvgIpc) is 2.78. The lowest BCUT2D eigenvalue weighted by atomic mass is 10.4. The van der Waals surface area contributed by atoms with Gasteiger partial charge in [-0.05, 0) is 34.1 Å². The molecule has 18 heavy (non-hydrogen) atoms. The normalized spacial score (nSPS) is 10.1. The van der Waals surface area contributed by atoms with Crippen molar-refractivity contribution in [1.82, 2.24) is 4.98 Å². The largest absolute Gasteiger partial charge is 0.324 e. The van der Waals surface area contributed by atoms with Crippen LogP contribution in [0, 0.1) is 10.1 Å². The van der Waals surface area contributed by atoms with Crippen molar-refractivity contribution in [2.24, 2.45) is 0 Å². The Labute approximate surface area is 114 Å². The molecule has 1 amide bonds. The number of pyridine rings is 1. The van der Waals surface area contributed by atoms with E-state index >= 15 is 0 Å². The second-order valence-corrected chi connectivity index (χ2v) is 5.07. The topological polar surface area (TPSA) is 85.1 Å². The van der Waals surface area contributed by atoms with E-state index in [-0.39, 0.29) is 9.88 Å². The van der Waals surface area contributed by atoms with Crippen LogP contribution in [0.5, 0.6) is 0 Å². The van der Waals surface area contributed by atoms with Gasteiger partial charge in [-0.2, -0.15) is 0 Å². The van der Waals surface area contributed by atoms with Crippen molar-refractivity contribution in [3.05, 3.63) is 49.9 Å². The molecule has 6 nitrogen and oxygen atoms in total. The van der Waals surface area contributed by atoms with Crippen LogP contribution in [0.2, 0.25) is 0 Å². The molecular formula is C10H6BrN3O3S. The van der Waals surface area contributed by atoms with Crippen LogP contribution in [-0.2, 0) is 0 Å². The predicted molar refractivity (Wildman–Crippen MR) is 70.9 cm³/mol. The van der Waals surface area contributed by atoms with Gasteiger partial charge >= 0.3 is 5.00 Å². The van der Waals surface area contributed by atoms with Crippen molar-refractivity contribution in [3.8, 4) is 0 Å². The maximum atomic E-state index is 11.8. The minimum atomic E-state index is -0.529. The molecule has 2 aromatic heterocycles. The first-order valence-corrected chi connectivity index (χ1v) is 6.35. The number of hydrogen-bond acceptors (Lipinski definition) is 5. The summed E-state index contributed by atoms with van der Waals surface area (Å²) in [6.45, 7) is 0. The standard InChI is InChI=1S/C10H6BrN3O3S/c11-7-2-1-3-8(12-7)13-10(15)6-4-5-9(18-6)14(16)17/h1-5H,(H,12,13,15). The molecule has 0 saturated carbocycles. The van der Waals surface area contributed by atoms with Gasteiger partial charge in [0.2, 0.25) is 0 Å². The highest BCUT2D eigenvalue weighted by atomic mass is 79.9. The zero-order valence-electron chi connectivity index (χ0n) is 8.79. The molecule has 2 heterocycles. The molecule has 0 aliphatic heterocycles. The van der Waals surface area contributed by atoms with E-state index in [0.717, 1.165) is 11.3 Å². The van der Waals surface area contributed by atoms with Crippen molar-refractivity contribution in [1.29, 1.82) is 0 Å². The Morgan fingerprint density at radius 3 is 2.78 bits per heavy atom. The smallest absolute Gasteiger partial charge is 0.306 e. The van der Waals surface area contributed by atoms with E-state index in [0.29, 0.717) is 10.4 Å². The summed E-state index contributed by atoms with van der Waals surface area (Å²) < 4.78 is 0.595. The number of nitrogens with one attached hydrogen (secondary N) is 1. The maximum Gasteiger partial charge on any atom is 0.324 e. The first-order chi connectivity index (χ1) is 8.56. The maximum absolute atomic E-state index is 11.8. The molecule has 0 saturated heterocycles. The van der Waals surface area contributed by atoms with Crippen LogP contribution in [0.4, 0.5) is 10.8 Å². The zero-order valence-corrected chi connectivity index (χ0v) is 11.2. The lowest BCUT2D eigenvalue weighted by molar-refractivity contribution is -0.380. The van der Waals surface area contributed by atoms with Crippen LogP contribution in [0.25, 0.3) is 0 Å². The highest BCUT2D eigenvalue weighted by Crippen LogP contribution is 2.24. The molecule has 0 atom stereocenters. The molecule has 2 rings (SSSR count). The summed E-state index contributed by atoms with van der Waals surface area (Å²) in [6, 6.07) is 7.80. The minimum Gasteiger partial charge on any atom is -0.306 e. The van der Waals surface area contributed by atoms with Gasteiger partial charge in [0.25, 0.3) is 5.91 Å². The number of anilines is 1. The molecule has 8 heteroatoms. The molecule has 2 aromatic rings. The number of hydrogen-bond donors (Lipinski definition) is 1. The van der Waals surface area contributed by atoms with E-state index in [2.05, 4.69) is 26.2 Å². The van der Waals surface area contributed by atoms with Gasteiger partial charge in [-0.1, -0.05) is 17.4 Å². The predicted octanol–water partition coefficient (Wildman–Crippen LogP) is 3.07. The summed E-state index contributed by atoms with van der Waals surface area (Å²) >= 11 is 4.00. The molecule has 0 aromatic carbocycles. The number of halogens is 1. The Hall–Kier alpha value is -1.80. The minimum absolute atomic E-state index is 0.0673. The Balaban J connectivity index is 2.14. The number of aromatic nitrogens is 1. The number of carbonyl (C=O) groups excluding carboxylic acids is 1. The molecule has 0 fully saturated rings. The summed E-state index contributed by atoms with van der Waals surface area (Å²) in [5, 5.41) is 13.0. The molecule has 92 valence electrons. The third kappa shape index (κ3) is 2.90. The first-order valence-electron chi connectivity index (χ1n) is 4.74. The summed E-state index contributed by atoms with van der Waals surface area (Å²) in [5.41, 5.74) is 0. The van der Waals surface area contributed by atoms with E-state index in [1.54, 1.807) is 18.2 Å². The Bertz CT molecular complexity index is 614. The van der Waals surface area contributed by atoms with Gasteiger partial charge in [0.1, 0.15) is 10.4 Å². The van der Waals surface area contributed by atoms with Gasteiger partial charge in [0.15, 0.2) is 0 Å². The van der Waals surface area contributed by atoms with Gasteiger partial charge in [-0.3, -0.25) is 14.9 Å². The monoisotopic (exact) mass is 327 g/mol. The molecule has 0 aliphatic carbocycles. The fourth-order valence-corrected chi connectivity index (χ4v) is 2.26. The van der Waals surface area contributed by atoms with Gasteiger partial charge in [-0.15, -0.1) is 0 Å². The molecule has 0 bridgehead atoms. The van der Waals surface area contributed by atoms with Crippen molar-refractivity contribution in [2.45, 2.75) is 0 Å². The highest BCUT2D eigenvalue weighted by Gasteiger charge is 2.15. The Morgan fingerprint density at radius 1 is 1.39 bits per heavy atom. The second kappa shape index (κ2) is 5.23. The number of nitrogens with zero attached hydrogens (tertiary/aromatic N) is 2. The summed E-state index contributed by atoms with van der Waals surface area (Å²) in [5.74, 6) is -0.0378. The zero-order chi connectivity index (χ0) is 13.1. The highest BCUT2D eigenvalue weighted by molar-refractivity contribution is 9.10. The van der Waals surface area contributed by atoms with Crippen molar-refractivity contribution in [2.75, 3.05) is 5.32 Å². The van der Waals surface area contributed by atoms with Crippen LogP contribution < -0.4 is 5.32 Å². The third-order valence-electron chi connectivity index (χ3n) is 1.95. The SMILES string of the molecule is O=C(Nc1cccc(Br)n1)c1ccc([N+](=O)[O-])s1. The van der Waals surface area contributed by atoms with E-state index in [1.165, 1.54) is 12.1 Å². The van der Waals surface area contributed by atoms with Gasteiger partial charge in [-0.25, -0.2) is 4.98 Å². The number of nitro groups is 1. The summed E-state index contributed by atoms with van der Waals surface area (Å²) in [4.78, 5) is 26.1. The van der Waals surface area contributed by atoms with E-state index in [4.69, 9.17) is 0 Å². The van der Waals surface area contributed by atoms with Crippen molar-refractivity contribution < 1.29 is 9.72 Å². The van der Waals surface area contributed by atoms with Crippen LogP contribution in [0.15, 0.2) is 34.9 Å². The molecule has 0 unspecified atom stereocenters. The summed E-state index contributed by atoms with van der Waals surface area (Å²) in [6.07, 6.45) is 0. The van der Waals surface area contributed by atoms with E-state index in [1.807, 2.05) is 0 Å². The van der Waals surface area contributed by atoms with E-state index in [9.17, 15) is 14.9 Å². The lowest BCUT2D eigenvalue weighted by Gasteiger charge is -2.01. The second-order valence-electron chi connectivity index (χ2n) is 3.19. The van der Waals surface area contributed by atoms with E-state index < -0.39 is 10.8 Å². The number of carbonyl (C=O) groups is 1. The molecule has 1 N–H and O–H groups in total. The average molecular weight is 328 g/mol. The van der Waals surface area contributed by atoms with Crippen molar-refractivity contribution >= 4 is 44.0 Å². The lowest BCUT2D eigenvalue weighted by Crippen LogP contribution is -2.11. The molecular weight excluding hydrogens is 322 g/mol. The van der Waals surface area contributed by atoms with Gasteiger partial charge < -0.3 is 5.32 Å². The fraction of sp³-hybridized carbons (Fsp3) is 0. The first kappa shape index (κ1) is 12.7. The van der Waals surface area contributed by atoms with Crippen LogP contribution >= 0.6 is 27.3 Å². The van der Waals surface area contributed by atoms with Crippen LogP contribution in [0.1, 0.15) is 9.67 Å². The van der Waals surface area contributed by atoms with Crippen molar-refractivity contribution in [3.63, 3.8) is 0 Å². The Morgan fingerprint density at radius 2 is 2.17 bits per heavy atom. The van der Waals surface area contributed by atoms with Gasteiger partial charge in [0, 0.05) is 6.07 Å².